The van der Waals surface area contributed by atoms with Crippen LogP contribution in [0, 0.1) is 0 Å². The molecule has 248 valence electrons. The number of fused-ring (bicyclic) bond motifs is 7. The molecule has 5 aromatic rings. The smallest absolute Gasteiger partial charge is 0.115 e. The molecule has 0 unspecified atom stereocenters. The molecule has 3 aliphatic carbocycles. The van der Waals surface area contributed by atoms with Gasteiger partial charge >= 0.3 is 0 Å². The van der Waals surface area contributed by atoms with E-state index in [0.717, 1.165) is 55.6 Å². The number of rotatable bonds is 4. The topological polar surface area (TPSA) is 3.24 Å². The minimum absolute atomic E-state index is 0.136. The second-order valence-electron chi connectivity index (χ2n) is 17.2. The highest BCUT2D eigenvalue weighted by atomic mass is 15.2. The Morgan fingerprint density at radius 3 is 1.86 bits per heavy atom. The molecule has 57 heavy (non-hydrogen) atoms. The van der Waals surface area contributed by atoms with Gasteiger partial charge in [0.2, 0.25) is 0 Å². The van der Waals surface area contributed by atoms with Crippen molar-refractivity contribution in [2.24, 2.45) is 0 Å². The predicted octanol–water partition coefficient (Wildman–Crippen LogP) is 0.322. The first-order chi connectivity index (χ1) is 26.5. The van der Waals surface area contributed by atoms with Crippen LogP contribution >= 0.6 is 0 Å². The van der Waals surface area contributed by atoms with Crippen molar-refractivity contribution >= 4 is 158 Å². The molecule has 8 rings (SSSR count). The zero-order chi connectivity index (χ0) is 41.6. The van der Waals surface area contributed by atoms with Crippen LogP contribution in [0.25, 0.3) is 27.8 Å². The summed E-state index contributed by atoms with van der Waals surface area (Å²) >= 11 is 0. The largest absolute Gasteiger partial charge is 0.310 e. The third kappa shape index (κ3) is 5.37. The fraction of sp³-hybridized carbons (Fsp3) is 0.200. The first-order valence-corrected chi connectivity index (χ1v) is 18.7. The summed E-state index contributed by atoms with van der Waals surface area (Å²) in [5, 5.41) is 0.136. The normalized spacial score (nSPS) is 16.8. The van der Waals surface area contributed by atoms with Gasteiger partial charge in [-0.15, -0.1) is 10.9 Å². The molecule has 0 spiro atoms. The highest BCUT2D eigenvalue weighted by Crippen LogP contribution is 2.57. The summed E-state index contributed by atoms with van der Waals surface area (Å²) in [7, 11) is 74.4. The number of anilines is 3. The molecule has 3 aliphatic rings. The van der Waals surface area contributed by atoms with Crippen molar-refractivity contribution in [3.8, 4) is 22.3 Å². The fourth-order valence-electron chi connectivity index (χ4n) is 9.96. The van der Waals surface area contributed by atoms with Gasteiger partial charge < -0.3 is 4.90 Å². The van der Waals surface area contributed by atoms with Crippen LogP contribution in [-0.2, 0) is 16.2 Å². The van der Waals surface area contributed by atoms with E-state index in [1.807, 2.05) is 55.2 Å². The third-order valence-electron chi connectivity index (χ3n) is 12.6. The van der Waals surface area contributed by atoms with Crippen LogP contribution in [0.1, 0.15) is 74.9 Å². The molecule has 0 N–H and O–H groups in total. The Balaban J connectivity index is 1.58. The molecule has 1 nitrogen and oxygen atoms in total. The fourth-order valence-corrected chi connectivity index (χ4v) is 9.96. The van der Waals surface area contributed by atoms with E-state index in [2.05, 4.69) is 46.4 Å². The van der Waals surface area contributed by atoms with E-state index in [0.29, 0.717) is 66.4 Å². The summed E-state index contributed by atoms with van der Waals surface area (Å²) in [6, 6.07) is 15.6. The molecule has 0 aliphatic heterocycles. The van der Waals surface area contributed by atoms with Crippen LogP contribution < -0.4 is 54.1 Å². The number of hydrogen-bond donors (Lipinski definition) is 0. The first kappa shape index (κ1) is 39.7. The average molecular weight is 704 g/mol. The average Bonchev–Trinajstić information content (AvgIpc) is 3.57. The molecule has 0 fully saturated rings. The molecule has 0 bridgehead atoms. The standard InChI is InChI=1S/C45H30B11N/c1-18-22(11-12-30(51)52)44(4,5)36-31(18)41(40(56)39(55)38(36)54)57(20-15-24-34(27(48)16-20)33-23(43(24,2)3)9-8-10-26(33)47)42-32-21-13-19(46)14-28(49)35(21)45(6,7)25(32)17-29(50)37(42)53/h8-17H,1H2,2-7H3/b22-11+. The molecular weight excluding hydrogens is 673 g/mol. The van der Waals surface area contributed by atoms with Crippen LogP contribution in [-0.4, -0.2) is 86.3 Å². The highest BCUT2D eigenvalue weighted by Gasteiger charge is 2.45. The lowest BCUT2D eigenvalue weighted by Gasteiger charge is -2.37. The minimum Gasteiger partial charge on any atom is -0.310 e. The summed E-state index contributed by atoms with van der Waals surface area (Å²) < 4.78 is 0. The van der Waals surface area contributed by atoms with Crippen LogP contribution in [0.5, 0.6) is 0 Å². The molecule has 12 heteroatoms. The van der Waals surface area contributed by atoms with Gasteiger partial charge in [-0.25, -0.2) is 0 Å². The molecule has 22 radical (unpaired) electrons. The second-order valence-corrected chi connectivity index (χ2v) is 17.2. The highest BCUT2D eigenvalue weighted by molar-refractivity contribution is 6.60. The Labute approximate surface area is 352 Å². The van der Waals surface area contributed by atoms with Crippen molar-refractivity contribution in [2.45, 2.75) is 57.8 Å². The van der Waals surface area contributed by atoms with E-state index < -0.39 is 16.2 Å². The zero-order valence-corrected chi connectivity index (χ0v) is 33.3. The van der Waals surface area contributed by atoms with Crippen molar-refractivity contribution in [1.29, 1.82) is 0 Å². The van der Waals surface area contributed by atoms with E-state index in [4.69, 9.17) is 86.3 Å². The molecule has 0 saturated carbocycles. The monoisotopic (exact) mass is 705 g/mol. The van der Waals surface area contributed by atoms with Crippen LogP contribution in [0.2, 0.25) is 0 Å². The van der Waals surface area contributed by atoms with Gasteiger partial charge in [0, 0.05) is 44.4 Å². The SMILES string of the molecule is [B]C([B])=C/C=C1\C(=C)c2c(N(c3cc([B])c4c(c3)C(C)(C)c3cccc([B])c3-4)c3c([B])c([B])cc4c3-c3cc([B])cc([B])c3C4(C)C)c([B])c([B])c([B])c2C1(C)C. The van der Waals surface area contributed by atoms with Gasteiger partial charge in [0.15, 0.2) is 0 Å². The van der Waals surface area contributed by atoms with Crippen molar-refractivity contribution in [3.63, 3.8) is 0 Å². The molecule has 0 heterocycles. The Morgan fingerprint density at radius 1 is 0.561 bits per heavy atom. The Morgan fingerprint density at radius 2 is 1.19 bits per heavy atom. The van der Waals surface area contributed by atoms with Crippen molar-refractivity contribution in [2.75, 3.05) is 4.90 Å². The van der Waals surface area contributed by atoms with Crippen molar-refractivity contribution in [1.82, 2.24) is 0 Å². The summed E-state index contributed by atoms with van der Waals surface area (Å²) in [6.45, 7) is 17.3. The lowest BCUT2D eigenvalue weighted by atomic mass is 9.65. The van der Waals surface area contributed by atoms with E-state index >= 15 is 0 Å². The number of benzene rings is 5. The molecule has 0 amide bonds. The van der Waals surface area contributed by atoms with Crippen LogP contribution in [0.4, 0.5) is 17.1 Å². The molecule has 0 atom stereocenters. The summed E-state index contributed by atoms with van der Waals surface area (Å²) in [5.41, 5.74) is 13.5. The quantitative estimate of drug-likeness (QED) is 0.244. The van der Waals surface area contributed by atoms with Crippen molar-refractivity contribution in [3.05, 3.63) is 112 Å². The summed E-state index contributed by atoms with van der Waals surface area (Å²) in [4.78, 5) is 2.01. The van der Waals surface area contributed by atoms with Gasteiger partial charge in [-0.3, -0.25) is 0 Å². The molecule has 0 aromatic heterocycles. The Kier molecular flexibility index (Phi) is 8.98. The summed E-state index contributed by atoms with van der Waals surface area (Å²) in [6.07, 6.45) is 3.49. The molecule has 5 aromatic carbocycles. The van der Waals surface area contributed by atoms with E-state index in [9.17, 15) is 0 Å². The van der Waals surface area contributed by atoms with E-state index in [-0.39, 0.29) is 16.3 Å². The number of hydrogen-bond acceptors (Lipinski definition) is 1. The minimum atomic E-state index is -0.719. The van der Waals surface area contributed by atoms with Gasteiger partial charge in [0.1, 0.15) is 70.6 Å². The lowest BCUT2D eigenvalue weighted by molar-refractivity contribution is 0.661. The Bertz CT molecular complexity index is 2750. The number of allylic oxidation sites excluding steroid dienone is 4. The zero-order valence-electron chi connectivity index (χ0n) is 33.3. The first-order valence-electron chi connectivity index (χ1n) is 18.7. The van der Waals surface area contributed by atoms with Crippen LogP contribution in [0.15, 0.2) is 78.2 Å². The summed E-state index contributed by atoms with van der Waals surface area (Å²) in [5.74, 6) is 0. The lowest BCUT2D eigenvalue weighted by Crippen LogP contribution is -2.46. The number of nitrogens with zero attached hydrogens (tertiary/aromatic N) is 1. The Hall–Kier alpha value is -4.17. The predicted molar refractivity (Wildman–Crippen MR) is 254 cm³/mol. The van der Waals surface area contributed by atoms with Gasteiger partial charge in [0.25, 0.3) is 0 Å². The van der Waals surface area contributed by atoms with Crippen molar-refractivity contribution < 1.29 is 0 Å². The van der Waals surface area contributed by atoms with Gasteiger partial charge in [-0.1, -0.05) is 135 Å². The van der Waals surface area contributed by atoms with Gasteiger partial charge in [-0.05, 0) is 67.8 Å². The van der Waals surface area contributed by atoms with E-state index in [1.165, 1.54) is 0 Å². The molecular formula is C45H30B11N. The molecule has 0 saturated heterocycles. The maximum atomic E-state index is 7.26. The van der Waals surface area contributed by atoms with Gasteiger partial charge in [-0.2, -0.15) is 5.37 Å². The maximum Gasteiger partial charge on any atom is 0.115 e. The third-order valence-corrected chi connectivity index (χ3v) is 12.6. The maximum absolute atomic E-state index is 7.26. The van der Waals surface area contributed by atoms with Crippen LogP contribution in [0.3, 0.4) is 0 Å². The second kappa shape index (κ2) is 12.9. The van der Waals surface area contributed by atoms with Gasteiger partial charge in [0.05, 0.1) is 15.7 Å². The van der Waals surface area contributed by atoms with E-state index in [1.54, 1.807) is 12.1 Å².